The predicted octanol–water partition coefficient (Wildman–Crippen LogP) is 1.85. The number of nitrogens with one attached hydrogen (secondary N) is 2. The Labute approximate surface area is 207 Å². The number of unbranched alkanes of at least 4 members (excludes halogenated alkanes) is 1. The highest BCUT2D eigenvalue weighted by molar-refractivity contribution is 5.94. The molecule has 0 aliphatic heterocycles. The molecule has 0 radical (unpaired) electrons. The third-order valence-corrected chi connectivity index (χ3v) is 5.25. The van der Waals surface area contributed by atoms with E-state index in [-0.39, 0.29) is 6.54 Å². The first-order chi connectivity index (χ1) is 16.3. The number of nitrogens with zero attached hydrogens (tertiary/aromatic N) is 1. The molecule has 0 spiro atoms. The number of rotatable bonds is 12. The molecule has 0 fully saturated rings. The van der Waals surface area contributed by atoms with Crippen LogP contribution in [0, 0.1) is 13.8 Å². The summed E-state index contributed by atoms with van der Waals surface area (Å²) >= 11 is 0. The van der Waals surface area contributed by atoms with E-state index in [0.717, 1.165) is 28.9 Å². The van der Waals surface area contributed by atoms with Gasteiger partial charge >= 0.3 is 6.09 Å². The lowest BCUT2D eigenvalue weighted by Crippen LogP contribution is -2.54. The maximum absolute atomic E-state index is 13.6. The molecule has 1 aromatic carbocycles. The van der Waals surface area contributed by atoms with Gasteiger partial charge in [0.05, 0.1) is 13.0 Å². The normalized spacial score (nSPS) is 12.9. The number of aliphatic hydroxyl groups is 1. The summed E-state index contributed by atoms with van der Waals surface area (Å²) in [7, 11) is 0. The number of ether oxygens (including phenoxy) is 1. The van der Waals surface area contributed by atoms with Crippen LogP contribution in [0.4, 0.5) is 4.79 Å². The summed E-state index contributed by atoms with van der Waals surface area (Å²) in [6.45, 7) is 10.6. The van der Waals surface area contributed by atoms with Crippen molar-refractivity contribution in [2.24, 2.45) is 5.73 Å². The molecule has 0 aliphatic rings. The van der Waals surface area contributed by atoms with Crippen LogP contribution >= 0.6 is 0 Å². The van der Waals surface area contributed by atoms with Crippen molar-refractivity contribution in [1.29, 1.82) is 0 Å². The highest BCUT2D eigenvalue weighted by atomic mass is 16.6. The van der Waals surface area contributed by atoms with Crippen LogP contribution in [0.5, 0.6) is 0 Å². The zero-order chi connectivity index (χ0) is 26.8. The van der Waals surface area contributed by atoms with Crippen LogP contribution in [0.25, 0.3) is 0 Å². The van der Waals surface area contributed by atoms with Gasteiger partial charge in [0.1, 0.15) is 17.7 Å². The second-order valence-corrected chi connectivity index (χ2v) is 9.52. The average Bonchev–Trinajstić information content (AvgIpc) is 2.73. The van der Waals surface area contributed by atoms with Crippen molar-refractivity contribution < 1.29 is 29.0 Å². The van der Waals surface area contributed by atoms with E-state index in [1.807, 2.05) is 26.8 Å². The lowest BCUT2D eigenvalue weighted by atomic mass is 9.98. The van der Waals surface area contributed by atoms with Crippen molar-refractivity contribution >= 4 is 23.8 Å². The van der Waals surface area contributed by atoms with Crippen molar-refractivity contribution in [3.63, 3.8) is 0 Å². The quantitative estimate of drug-likeness (QED) is 0.327. The molecule has 10 heteroatoms. The van der Waals surface area contributed by atoms with Crippen LogP contribution < -0.4 is 16.4 Å². The Morgan fingerprint density at radius 1 is 1.14 bits per heavy atom. The lowest BCUT2D eigenvalue weighted by Gasteiger charge is -2.34. The van der Waals surface area contributed by atoms with E-state index in [0.29, 0.717) is 12.1 Å². The number of aryl methyl sites for hydroxylation is 2. The molecule has 0 heterocycles. The van der Waals surface area contributed by atoms with Gasteiger partial charge in [-0.2, -0.15) is 0 Å². The van der Waals surface area contributed by atoms with Gasteiger partial charge in [-0.1, -0.05) is 31.5 Å². The molecule has 0 saturated heterocycles. The molecule has 0 aliphatic carbocycles. The Kier molecular flexibility index (Phi) is 11.7. The van der Waals surface area contributed by atoms with E-state index >= 15 is 0 Å². The molecule has 196 valence electrons. The summed E-state index contributed by atoms with van der Waals surface area (Å²) < 4.78 is 5.23. The highest BCUT2D eigenvalue weighted by Crippen LogP contribution is 2.25. The van der Waals surface area contributed by atoms with Crippen LogP contribution in [-0.2, 0) is 19.1 Å². The van der Waals surface area contributed by atoms with Gasteiger partial charge in [0.2, 0.25) is 17.7 Å². The maximum Gasteiger partial charge on any atom is 0.408 e. The van der Waals surface area contributed by atoms with E-state index in [2.05, 4.69) is 10.6 Å². The summed E-state index contributed by atoms with van der Waals surface area (Å²) in [4.78, 5) is 52.2. The number of carbonyl (C=O) groups is 4. The summed E-state index contributed by atoms with van der Waals surface area (Å²) in [5.74, 6) is -1.99. The summed E-state index contributed by atoms with van der Waals surface area (Å²) in [5.41, 5.74) is 6.98. The fraction of sp³-hybridized carbons (Fsp3) is 0.600. The van der Waals surface area contributed by atoms with Gasteiger partial charge in [-0.05, 0) is 57.7 Å². The third kappa shape index (κ3) is 9.94. The van der Waals surface area contributed by atoms with Gasteiger partial charge < -0.3 is 31.1 Å². The molecule has 0 aromatic heterocycles. The monoisotopic (exact) mass is 492 g/mol. The smallest absolute Gasteiger partial charge is 0.408 e. The molecular formula is C25H40N4O6. The molecule has 2 atom stereocenters. The topological polar surface area (TPSA) is 151 Å². The molecule has 0 saturated carbocycles. The number of amides is 4. The molecule has 1 aromatic rings. The van der Waals surface area contributed by atoms with Crippen molar-refractivity contribution in [3.8, 4) is 0 Å². The Bertz CT molecular complexity index is 896. The van der Waals surface area contributed by atoms with Gasteiger partial charge in [-0.3, -0.25) is 14.4 Å². The number of alkyl carbamates (subject to hydrolysis) is 1. The standard InChI is InChI=1S/C25H40N4O6/c1-7-8-11-27-22(32)21(18-10-9-16(2)17(3)14-18)29(12-13-30)23(33)19(15-20(26)31)28-24(34)35-25(4,5)6/h9-10,14,19,21,30H,7-8,11-13,15H2,1-6H3,(H2,26,31)(H,27,32)(H,28,34). The number of primary amides is 1. The van der Waals surface area contributed by atoms with Gasteiger partial charge in [-0.15, -0.1) is 0 Å². The van der Waals surface area contributed by atoms with E-state index in [9.17, 15) is 24.3 Å². The summed E-state index contributed by atoms with van der Waals surface area (Å²) in [6, 6.07) is 2.92. The second-order valence-electron chi connectivity index (χ2n) is 9.52. The van der Waals surface area contributed by atoms with Crippen LogP contribution in [0.1, 0.15) is 69.7 Å². The second kappa shape index (κ2) is 13.7. The maximum atomic E-state index is 13.6. The Morgan fingerprint density at radius 2 is 1.80 bits per heavy atom. The number of hydrogen-bond donors (Lipinski definition) is 4. The molecule has 1 rings (SSSR count). The summed E-state index contributed by atoms with van der Waals surface area (Å²) in [6.07, 6.45) is 0.214. The molecule has 10 nitrogen and oxygen atoms in total. The minimum atomic E-state index is -1.38. The Balaban J connectivity index is 3.43. The fourth-order valence-electron chi connectivity index (χ4n) is 3.42. The van der Waals surface area contributed by atoms with Crippen molar-refractivity contribution in [1.82, 2.24) is 15.5 Å². The SMILES string of the molecule is CCCCNC(=O)C(c1ccc(C)c(C)c1)N(CCO)C(=O)C(CC(N)=O)NC(=O)OC(C)(C)C. The molecular weight excluding hydrogens is 452 g/mol. The number of aliphatic hydroxyl groups excluding tert-OH is 1. The molecule has 35 heavy (non-hydrogen) atoms. The van der Waals surface area contributed by atoms with Crippen LogP contribution in [-0.4, -0.2) is 65.2 Å². The first kappa shape index (κ1) is 29.9. The van der Waals surface area contributed by atoms with Gasteiger partial charge in [0.15, 0.2) is 0 Å². The zero-order valence-corrected chi connectivity index (χ0v) is 21.6. The van der Waals surface area contributed by atoms with Crippen molar-refractivity contribution in [2.75, 3.05) is 19.7 Å². The van der Waals surface area contributed by atoms with Gasteiger partial charge in [0, 0.05) is 13.1 Å². The molecule has 0 bridgehead atoms. The molecule has 4 amide bonds. The minimum absolute atomic E-state index is 0.205. The molecule has 5 N–H and O–H groups in total. The average molecular weight is 493 g/mol. The van der Waals surface area contributed by atoms with E-state index < -0.39 is 54.5 Å². The van der Waals surface area contributed by atoms with Gasteiger partial charge in [-0.25, -0.2) is 4.79 Å². The number of benzene rings is 1. The number of carbonyl (C=O) groups excluding carboxylic acids is 4. The highest BCUT2D eigenvalue weighted by Gasteiger charge is 2.36. The number of nitrogens with two attached hydrogens (primary N) is 1. The van der Waals surface area contributed by atoms with E-state index in [1.54, 1.807) is 32.9 Å². The number of hydrogen-bond acceptors (Lipinski definition) is 6. The predicted molar refractivity (Wildman–Crippen MR) is 132 cm³/mol. The van der Waals surface area contributed by atoms with Crippen LogP contribution in [0.15, 0.2) is 18.2 Å². The van der Waals surface area contributed by atoms with E-state index in [4.69, 9.17) is 10.5 Å². The van der Waals surface area contributed by atoms with Gasteiger partial charge in [0.25, 0.3) is 0 Å². The lowest BCUT2D eigenvalue weighted by molar-refractivity contribution is -0.143. The first-order valence-corrected chi connectivity index (χ1v) is 11.8. The fourth-order valence-corrected chi connectivity index (χ4v) is 3.42. The Hall–Kier alpha value is -3.14. The van der Waals surface area contributed by atoms with E-state index in [1.165, 1.54) is 0 Å². The first-order valence-electron chi connectivity index (χ1n) is 11.8. The van der Waals surface area contributed by atoms with Crippen molar-refractivity contribution in [2.45, 2.75) is 78.5 Å². The van der Waals surface area contributed by atoms with Crippen LogP contribution in [0.3, 0.4) is 0 Å². The summed E-state index contributed by atoms with van der Waals surface area (Å²) in [5, 5.41) is 15.0. The third-order valence-electron chi connectivity index (χ3n) is 5.25. The zero-order valence-electron chi connectivity index (χ0n) is 21.6. The minimum Gasteiger partial charge on any atom is -0.444 e. The van der Waals surface area contributed by atoms with Crippen LogP contribution in [0.2, 0.25) is 0 Å². The largest absolute Gasteiger partial charge is 0.444 e. The molecule has 2 unspecified atom stereocenters. The Morgan fingerprint density at radius 3 is 2.31 bits per heavy atom. The van der Waals surface area contributed by atoms with Crippen molar-refractivity contribution in [3.05, 3.63) is 34.9 Å².